The Balaban J connectivity index is 1.38. The molecule has 1 fully saturated rings. The zero-order valence-electron chi connectivity index (χ0n) is 15.1. The van der Waals surface area contributed by atoms with Gasteiger partial charge in [0.15, 0.2) is 0 Å². The van der Waals surface area contributed by atoms with E-state index in [-0.39, 0.29) is 23.9 Å². The fourth-order valence-corrected chi connectivity index (χ4v) is 3.30. The summed E-state index contributed by atoms with van der Waals surface area (Å²) in [6, 6.07) is 2.95. The van der Waals surface area contributed by atoms with E-state index in [0.717, 1.165) is 12.8 Å². The van der Waals surface area contributed by atoms with Crippen LogP contribution in [0.3, 0.4) is 0 Å². The third kappa shape index (κ3) is 4.11. The minimum absolute atomic E-state index is 0.0518. The smallest absolute Gasteiger partial charge is 0.267 e. The van der Waals surface area contributed by atoms with E-state index in [0.29, 0.717) is 36.9 Å². The summed E-state index contributed by atoms with van der Waals surface area (Å²) >= 11 is 0. The fourth-order valence-electron chi connectivity index (χ4n) is 3.30. The lowest BCUT2D eigenvalue weighted by Crippen LogP contribution is -2.43. The molecule has 0 radical (unpaired) electrons. The van der Waals surface area contributed by atoms with Crippen LogP contribution in [0.1, 0.15) is 18.7 Å². The molecule has 0 aliphatic carbocycles. The predicted octanol–water partition coefficient (Wildman–Crippen LogP) is 0.565. The van der Waals surface area contributed by atoms with Gasteiger partial charge in [-0.05, 0) is 24.8 Å². The maximum Gasteiger partial charge on any atom is 0.267 e. The van der Waals surface area contributed by atoms with Gasteiger partial charge in [0.2, 0.25) is 17.6 Å². The second-order valence-electron chi connectivity index (χ2n) is 6.67. The van der Waals surface area contributed by atoms with Crippen molar-refractivity contribution in [3.05, 3.63) is 53.2 Å². The molecule has 144 valence electrons. The molecule has 0 aromatic carbocycles. The zero-order valence-corrected chi connectivity index (χ0v) is 15.1. The number of hydrogen-bond donors (Lipinski definition) is 0. The van der Waals surface area contributed by atoms with Gasteiger partial charge >= 0.3 is 0 Å². The Morgan fingerprint density at radius 1 is 1.29 bits per heavy atom. The number of piperidine rings is 1. The van der Waals surface area contributed by atoms with Crippen molar-refractivity contribution < 1.29 is 9.32 Å². The van der Waals surface area contributed by atoms with Crippen molar-refractivity contribution in [1.29, 1.82) is 0 Å². The minimum Gasteiger partial charge on any atom is -0.341 e. The normalized spacial score (nSPS) is 16.9. The molecule has 10 heteroatoms. The molecule has 10 nitrogen and oxygen atoms in total. The van der Waals surface area contributed by atoms with Gasteiger partial charge in [-0.1, -0.05) is 5.16 Å². The molecule has 28 heavy (non-hydrogen) atoms. The summed E-state index contributed by atoms with van der Waals surface area (Å²) in [4.78, 5) is 38.6. The third-order valence-electron chi connectivity index (χ3n) is 4.67. The predicted molar refractivity (Wildman–Crippen MR) is 96.8 cm³/mol. The molecular formula is C18H19N7O3. The molecule has 1 amide bonds. The van der Waals surface area contributed by atoms with Crippen LogP contribution in [-0.4, -0.2) is 53.8 Å². The van der Waals surface area contributed by atoms with Gasteiger partial charge in [-0.25, -0.2) is 9.67 Å². The Labute approximate surface area is 160 Å². The van der Waals surface area contributed by atoms with Gasteiger partial charge in [0.1, 0.15) is 12.2 Å². The third-order valence-corrected chi connectivity index (χ3v) is 4.67. The molecule has 1 aliphatic rings. The first-order valence-electron chi connectivity index (χ1n) is 9.08. The summed E-state index contributed by atoms with van der Waals surface area (Å²) in [5.74, 6) is 1.02. The maximum absolute atomic E-state index is 12.6. The molecule has 1 atom stereocenters. The fraction of sp³-hybridized carbons (Fsp3) is 0.389. The lowest BCUT2D eigenvalue weighted by atomic mass is 9.94. The second kappa shape index (κ2) is 8.07. The highest BCUT2D eigenvalue weighted by atomic mass is 16.5. The van der Waals surface area contributed by atoms with E-state index >= 15 is 0 Å². The van der Waals surface area contributed by atoms with Crippen molar-refractivity contribution in [3.8, 4) is 11.5 Å². The van der Waals surface area contributed by atoms with E-state index in [1.165, 1.54) is 16.9 Å². The summed E-state index contributed by atoms with van der Waals surface area (Å²) < 4.78 is 6.52. The van der Waals surface area contributed by atoms with E-state index in [9.17, 15) is 9.59 Å². The SMILES string of the molecule is O=C(Cn1ncccc1=O)N1CCC[C@H](Cc2nc(-c3cnccn3)no2)C1. The molecular weight excluding hydrogens is 362 g/mol. The standard InChI is InChI=1S/C18H19N7O3/c26-16-4-1-5-21-25(16)12-17(27)24-8-2-3-13(11-24)9-15-22-18(23-28-15)14-10-19-6-7-20-14/h1,4-7,10,13H,2-3,8-9,11-12H2/t13-/m1/s1. The summed E-state index contributed by atoms with van der Waals surface area (Å²) in [5, 5.41) is 7.90. The van der Waals surface area contributed by atoms with Gasteiger partial charge in [-0.3, -0.25) is 14.6 Å². The molecule has 4 rings (SSSR count). The van der Waals surface area contributed by atoms with E-state index in [4.69, 9.17) is 4.52 Å². The Hall–Kier alpha value is -3.43. The number of likely N-dealkylation sites (tertiary alicyclic amines) is 1. The molecule has 0 saturated carbocycles. The van der Waals surface area contributed by atoms with Crippen molar-refractivity contribution in [2.45, 2.75) is 25.8 Å². The number of aromatic nitrogens is 6. The van der Waals surface area contributed by atoms with Gasteiger partial charge in [-0.15, -0.1) is 0 Å². The highest BCUT2D eigenvalue weighted by molar-refractivity contribution is 5.76. The molecule has 1 saturated heterocycles. The van der Waals surface area contributed by atoms with Crippen LogP contribution in [-0.2, 0) is 17.8 Å². The number of rotatable bonds is 5. The van der Waals surface area contributed by atoms with Crippen molar-refractivity contribution in [1.82, 2.24) is 34.8 Å². The monoisotopic (exact) mass is 381 g/mol. The molecule has 0 unspecified atom stereocenters. The largest absolute Gasteiger partial charge is 0.341 e. The van der Waals surface area contributed by atoms with Crippen LogP contribution in [0.2, 0.25) is 0 Å². The van der Waals surface area contributed by atoms with Gasteiger partial charge in [0.05, 0.1) is 6.20 Å². The summed E-state index contributed by atoms with van der Waals surface area (Å²) in [6.45, 7) is 1.21. The minimum atomic E-state index is -0.285. The Bertz CT molecular complexity index is 1000. The van der Waals surface area contributed by atoms with Gasteiger partial charge in [0.25, 0.3) is 5.56 Å². The molecule has 1 aliphatic heterocycles. The molecule has 0 N–H and O–H groups in total. The van der Waals surface area contributed by atoms with Crippen LogP contribution >= 0.6 is 0 Å². The van der Waals surface area contributed by atoms with Crippen LogP contribution in [0.4, 0.5) is 0 Å². The zero-order chi connectivity index (χ0) is 19.3. The topological polar surface area (TPSA) is 120 Å². The summed E-state index contributed by atoms with van der Waals surface area (Å²) in [7, 11) is 0. The Morgan fingerprint density at radius 2 is 2.21 bits per heavy atom. The number of amides is 1. The number of hydrogen-bond acceptors (Lipinski definition) is 8. The van der Waals surface area contributed by atoms with Crippen molar-refractivity contribution in [2.24, 2.45) is 5.92 Å². The number of carbonyl (C=O) groups is 1. The van der Waals surface area contributed by atoms with Crippen molar-refractivity contribution >= 4 is 5.91 Å². The van der Waals surface area contributed by atoms with Crippen LogP contribution in [0.15, 0.2) is 46.2 Å². The first-order valence-corrected chi connectivity index (χ1v) is 9.08. The van der Waals surface area contributed by atoms with Crippen LogP contribution in [0, 0.1) is 5.92 Å². The summed E-state index contributed by atoms with van der Waals surface area (Å²) in [5.41, 5.74) is 0.269. The van der Waals surface area contributed by atoms with Crippen LogP contribution in [0.25, 0.3) is 11.5 Å². The second-order valence-corrected chi connectivity index (χ2v) is 6.67. The quantitative estimate of drug-likeness (QED) is 0.629. The summed E-state index contributed by atoms with van der Waals surface area (Å²) in [6.07, 6.45) is 8.67. The molecule has 3 aromatic heterocycles. The van der Waals surface area contributed by atoms with Crippen LogP contribution < -0.4 is 5.56 Å². The molecule has 3 aromatic rings. The lowest BCUT2D eigenvalue weighted by molar-refractivity contribution is -0.134. The van der Waals surface area contributed by atoms with E-state index in [1.807, 2.05) is 0 Å². The lowest BCUT2D eigenvalue weighted by Gasteiger charge is -2.32. The van der Waals surface area contributed by atoms with Crippen molar-refractivity contribution in [2.75, 3.05) is 13.1 Å². The van der Waals surface area contributed by atoms with Gasteiger partial charge in [0, 0.05) is 44.2 Å². The van der Waals surface area contributed by atoms with E-state index in [2.05, 4.69) is 25.2 Å². The average Bonchev–Trinajstić information content (AvgIpc) is 3.19. The van der Waals surface area contributed by atoms with E-state index in [1.54, 1.807) is 29.6 Å². The number of carbonyl (C=O) groups excluding carboxylic acids is 1. The highest BCUT2D eigenvalue weighted by Gasteiger charge is 2.26. The maximum atomic E-state index is 12.6. The van der Waals surface area contributed by atoms with Crippen LogP contribution in [0.5, 0.6) is 0 Å². The Kier molecular flexibility index (Phi) is 5.18. The molecule has 4 heterocycles. The van der Waals surface area contributed by atoms with Gasteiger partial charge < -0.3 is 9.42 Å². The van der Waals surface area contributed by atoms with Gasteiger partial charge in [-0.2, -0.15) is 10.1 Å². The average molecular weight is 381 g/mol. The van der Waals surface area contributed by atoms with E-state index < -0.39 is 0 Å². The Morgan fingerprint density at radius 3 is 3.04 bits per heavy atom. The van der Waals surface area contributed by atoms with Crippen molar-refractivity contribution in [3.63, 3.8) is 0 Å². The first kappa shape index (κ1) is 18.0. The molecule has 0 bridgehead atoms. The molecule has 0 spiro atoms. The number of nitrogens with zero attached hydrogens (tertiary/aromatic N) is 7. The first-order chi connectivity index (χ1) is 13.7. The highest BCUT2D eigenvalue weighted by Crippen LogP contribution is 2.21.